The van der Waals surface area contributed by atoms with E-state index in [2.05, 4.69) is 67.2 Å². The standard InChI is InChI=1S/C23H27N7/c1-29-16-18(19-4-2-3-5-20(19)29)6-10-24-21-7-11-27-23(28-21)30-14-8-17(9-15-30)22-25-12-13-26-22/h2-5,7,11-13,16-17H,6,8-10,14-15H2,1H3,(H,25,26)(H,24,27,28). The first kappa shape index (κ1) is 18.7. The summed E-state index contributed by atoms with van der Waals surface area (Å²) in [4.78, 5) is 19.2. The molecule has 0 unspecified atom stereocenters. The molecular weight excluding hydrogens is 374 g/mol. The number of hydrogen-bond donors (Lipinski definition) is 2. The van der Waals surface area contributed by atoms with Gasteiger partial charge in [-0.3, -0.25) is 0 Å². The predicted molar refractivity (Wildman–Crippen MR) is 120 cm³/mol. The summed E-state index contributed by atoms with van der Waals surface area (Å²) in [5.41, 5.74) is 2.63. The lowest BCUT2D eigenvalue weighted by Crippen LogP contribution is -2.34. The van der Waals surface area contributed by atoms with Crippen LogP contribution >= 0.6 is 0 Å². The third kappa shape index (κ3) is 3.75. The largest absolute Gasteiger partial charge is 0.370 e. The summed E-state index contributed by atoms with van der Waals surface area (Å²) >= 11 is 0. The van der Waals surface area contributed by atoms with Gasteiger partial charge in [-0.15, -0.1) is 0 Å². The van der Waals surface area contributed by atoms with Crippen LogP contribution in [0.25, 0.3) is 10.9 Å². The van der Waals surface area contributed by atoms with Crippen molar-refractivity contribution < 1.29 is 0 Å². The molecule has 4 heterocycles. The molecule has 154 valence electrons. The van der Waals surface area contributed by atoms with E-state index >= 15 is 0 Å². The number of nitrogens with zero attached hydrogens (tertiary/aromatic N) is 5. The van der Waals surface area contributed by atoms with Crippen molar-refractivity contribution in [3.63, 3.8) is 0 Å². The van der Waals surface area contributed by atoms with Crippen molar-refractivity contribution in [3.8, 4) is 0 Å². The summed E-state index contributed by atoms with van der Waals surface area (Å²) < 4.78 is 2.19. The number of aromatic nitrogens is 5. The van der Waals surface area contributed by atoms with Crippen molar-refractivity contribution in [3.05, 3.63) is 66.5 Å². The van der Waals surface area contributed by atoms with Crippen molar-refractivity contribution in [2.45, 2.75) is 25.2 Å². The number of H-pyrrole nitrogens is 1. The zero-order chi connectivity index (χ0) is 20.3. The van der Waals surface area contributed by atoms with Gasteiger partial charge in [-0.1, -0.05) is 18.2 Å². The van der Waals surface area contributed by atoms with E-state index in [4.69, 9.17) is 4.98 Å². The molecule has 0 aliphatic carbocycles. The van der Waals surface area contributed by atoms with Gasteiger partial charge in [0.1, 0.15) is 11.6 Å². The molecule has 3 aromatic heterocycles. The van der Waals surface area contributed by atoms with Crippen LogP contribution < -0.4 is 10.2 Å². The molecule has 30 heavy (non-hydrogen) atoms. The Kier molecular flexibility index (Phi) is 5.09. The number of para-hydroxylation sites is 1. The molecule has 2 N–H and O–H groups in total. The molecule has 7 heteroatoms. The van der Waals surface area contributed by atoms with Gasteiger partial charge in [0.25, 0.3) is 0 Å². The zero-order valence-electron chi connectivity index (χ0n) is 17.3. The van der Waals surface area contributed by atoms with Crippen molar-refractivity contribution in [2.24, 2.45) is 7.05 Å². The van der Waals surface area contributed by atoms with E-state index in [0.29, 0.717) is 5.92 Å². The van der Waals surface area contributed by atoms with E-state index in [1.54, 1.807) is 0 Å². The van der Waals surface area contributed by atoms with E-state index in [1.807, 2.05) is 24.7 Å². The number of nitrogens with one attached hydrogen (secondary N) is 2. The summed E-state index contributed by atoms with van der Waals surface area (Å²) in [7, 11) is 2.10. The molecule has 1 aliphatic rings. The SMILES string of the molecule is Cn1cc(CCNc2ccnc(N3CCC(c4ncc[nH]4)CC3)n2)c2ccccc21. The summed E-state index contributed by atoms with van der Waals surface area (Å²) in [6.07, 6.45) is 10.9. The number of imidazole rings is 1. The molecule has 1 aromatic carbocycles. The molecular formula is C23H27N7. The fourth-order valence-electron chi connectivity index (χ4n) is 4.40. The minimum absolute atomic E-state index is 0.498. The van der Waals surface area contributed by atoms with Crippen molar-refractivity contribution in [1.29, 1.82) is 0 Å². The third-order valence-corrected chi connectivity index (χ3v) is 6.01. The Morgan fingerprint density at radius 1 is 1.10 bits per heavy atom. The third-order valence-electron chi connectivity index (χ3n) is 6.01. The van der Waals surface area contributed by atoms with Crippen LogP contribution in [-0.4, -0.2) is 44.1 Å². The highest BCUT2D eigenvalue weighted by atomic mass is 15.3. The second kappa shape index (κ2) is 8.18. The highest BCUT2D eigenvalue weighted by Gasteiger charge is 2.23. The lowest BCUT2D eigenvalue weighted by atomic mass is 9.96. The number of piperidine rings is 1. The van der Waals surface area contributed by atoms with Crippen LogP contribution in [-0.2, 0) is 13.5 Å². The van der Waals surface area contributed by atoms with Crippen molar-refractivity contribution in [1.82, 2.24) is 24.5 Å². The first-order valence-corrected chi connectivity index (χ1v) is 10.6. The Labute approximate surface area is 176 Å². The topological polar surface area (TPSA) is 74.7 Å². The van der Waals surface area contributed by atoms with Crippen LogP contribution in [0.15, 0.2) is 55.1 Å². The molecule has 0 bridgehead atoms. The van der Waals surface area contributed by atoms with E-state index in [0.717, 1.165) is 56.5 Å². The van der Waals surface area contributed by atoms with E-state index in [9.17, 15) is 0 Å². The average molecular weight is 402 g/mol. The predicted octanol–water partition coefficient (Wildman–Crippen LogP) is 3.73. The lowest BCUT2D eigenvalue weighted by molar-refractivity contribution is 0.483. The van der Waals surface area contributed by atoms with Gasteiger partial charge in [0.15, 0.2) is 0 Å². The molecule has 1 saturated heterocycles. The second-order valence-electron chi connectivity index (χ2n) is 7.94. The van der Waals surface area contributed by atoms with Gasteiger partial charge in [-0.05, 0) is 37.0 Å². The molecule has 1 fully saturated rings. The summed E-state index contributed by atoms with van der Waals surface area (Å²) in [6, 6.07) is 10.5. The van der Waals surface area contributed by atoms with Gasteiger partial charge in [0.2, 0.25) is 5.95 Å². The first-order valence-electron chi connectivity index (χ1n) is 10.6. The average Bonchev–Trinajstić information content (AvgIpc) is 3.43. The molecule has 0 atom stereocenters. The molecule has 0 saturated carbocycles. The van der Waals surface area contributed by atoms with Crippen molar-refractivity contribution >= 4 is 22.7 Å². The zero-order valence-corrected chi connectivity index (χ0v) is 17.3. The van der Waals surface area contributed by atoms with Crippen LogP contribution in [0.1, 0.15) is 30.1 Å². The Balaban J connectivity index is 1.19. The maximum atomic E-state index is 4.76. The van der Waals surface area contributed by atoms with Gasteiger partial charge in [-0.25, -0.2) is 9.97 Å². The van der Waals surface area contributed by atoms with Gasteiger partial charge in [-0.2, -0.15) is 4.98 Å². The summed E-state index contributed by atoms with van der Waals surface area (Å²) in [5, 5.41) is 4.80. The van der Waals surface area contributed by atoms with Crippen LogP contribution in [0.3, 0.4) is 0 Å². The molecule has 4 aromatic rings. The molecule has 1 aliphatic heterocycles. The highest BCUT2D eigenvalue weighted by Crippen LogP contribution is 2.27. The minimum Gasteiger partial charge on any atom is -0.370 e. The van der Waals surface area contributed by atoms with Crippen LogP contribution in [0.5, 0.6) is 0 Å². The van der Waals surface area contributed by atoms with Gasteiger partial charge < -0.3 is 19.8 Å². The molecule has 0 spiro atoms. The Morgan fingerprint density at radius 2 is 1.97 bits per heavy atom. The lowest BCUT2D eigenvalue weighted by Gasteiger charge is -2.31. The fourth-order valence-corrected chi connectivity index (χ4v) is 4.40. The van der Waals surface area contributed by atoms with E-state index in [-0.39, 0.29) is 0 Å². The normalized spacial score (nSPS) is 15.0. The Hall–Kier alpha value is -3.35. The quantitative estimate of drug-likeness (QED) is 0.515. The monoisotopic (exact) mass is 401 g/mol. The van der Waals surface area contributed by atoms with Crippen LogP contribution in [0.4, 0.5) is 11.8 Å². The number of rotatable bonds is 6. The Morgan fingerprint density at radius 3 is 2.80 bits per heavy atom. The maximum absolute atomic E-state index is 4.76. The van der Waals surface area contributed by atoms with Gasteiger partial charge >= 0.3 is 0 Å². The van der Waals surface area contributed by atoms with E-state index < -0.39 is 0 Å². The highest BCUT2D eigenvalue weighted by molar-refractivity contribution is 5.83. The van der Waals surface area contributed by atoms with Gasteiger partial charge in [0.05, 0.1) is 0 Å². The number of anilines is 2. The maximum Gasteiger partial charge on any atom is 0.227 e. The second-order valence-corrected chi connectivity index (χ2v) is 7.94. The van der Waals surface area contributed by atoms with Crippen LogP contribution in [0.2, 0.25) is 0 Å². The summed E-state index contributed by atoms with van der Waals surface area (Å²) in [5.74, 6) is 3.29. The van der Waals surface area contributed by atoms with Crippen LogP contribution in [0, 0.1) is 0 Å². The minimum atomic E-state index is 0.498. The summed E-state index contributed by atoms with van der Waals surface area (Å²) in [6.45, 7) is 2.74. The van der Waals surface area contributed by atoms with E-state index in [1.165, 1.54) is 16.5 Å². The number of aromatic amines is 1. The number of hydrogen-bond acceptors (Lipinski definition) is 5. The molecule has 7 nitrogen and oxygen atoms in total. The smallest absolute Gasteiger partial charge is 0.227 e. The fraction of sp³-hybridized carbons (Fsp3) is 0.348. The Bertz CT molecular complexity index is 1110. The molecule has 0 radical (unpaired) electrons. The van der Waals surface area contributed by atoms with Gasteiger partial charge in [0, 0.05) is 68.3 Å². The first-order chi connectivity index (χ1) is 14.8. The molecule has 5 rings (SSSR count). The number of fused-ring (bicyclic) bond motifs is 1. The molecule has 0 amide bonds. The number of aryl methyl sites for hydroxylation is 1. The van der Waals surface area contributed by atoms with Crippen molar-refractivity contribution in [2.75, 3.05) is 29.9 Å². The number of benzene rings is 1.